The van der Waals surface area contributed by atoms with Crippen LogP contribution in [0, 0.1) is 5.82 Å². The SMILES string of the molecule is CC(O)(CNC(=O)Nc1cc(F)ccc1OC(F)F)c1ccco1. The molecule has 6 nitrogen and oxygen atoms in total. The fraction of sp³-hybridized carbons (Fsp3) is 0.267. The minimum Gasteiger partial charge on any atom is -0.466 e. The third-order valence-corrected chi connectivity index (χ3v) is 3.05. The van der Waals surface area contributed by atoms with E-state index in [1.807, 2.05) is 0 Å². The van der Waals surface area contributed by atoms with Crippen molar-refractivity contribution in [1.82, 2.24) is 5.32 Å². The number of hydrogen-bond donors (Lipinski definition) is 3. The van der Waals surface area contributed by atoms with Gasteiger partial charge in [-0.25, -0.2) is 9.18 Å². The molecule has 0 aliphatic rings. The van der Waals surface area contributed by atoms with Crippen LogP contribution in [-0.4, -0.2) is 24.3 Å². The van der Waals surface area contributed by atoms with Gasteiger partial charge in [0.2, 0.25) is 0 Å². The fourth-order valence-corrected chi connectivity index (χ4v) is 1.89. The Morgan fingerprint density at radius 2 is 2.17 bits per heavy atom. The number of hydrogen-bond acceptors (Lipinski definition) is 4. The van der Waals surface area contributed by atoms with Crippen LogP contribution in [-0.2, 0) is 5.60 Å². The average molecular weight is 344 g/mol. The first-order valence-electron chi connectivity index (χ1n) is 6.83. The normalized spacial score (nSPS) is 13.4. The minimum absolute atomic E-state index is 0.229. The van der Waals surface area contributed by atoms with E-state index in [1.165, 1.54) is 19.3 Å². The monoisotopic (exact) mass is 344 g/mol. The number of benzene rings is 1. The predicted molar refractivity (Wildman–Crippen MR) is 78.3 cm³/mol. The average Bonchev–Trinajstić information content (AvgIpc) is 3.03. The summed E-state index contributed by atoms with van der Waals surface area (Å²) >= 11 is 0. The van der Waals surface area contributed by atoms with Crippen LogP contribution in [0.4, 0.5) is 23.7 Å². The molecule has 3 N–H and O–H groups in total. The van der Waals surface area contributed by atoms with Crippen molar-refractivity contribution < 1.29 is 32.2 Å². The van der Waals surface area contributed by atoms with Gasteiger partial charge in [0, 0.05) is 6.07 Å². The molecule has 2 amide bonds. The molecule has 130 valence electrons. The largest absolute Gasteiger partial charge is 0.466 e. The van der Waals surface area contributed by atoms with Gasteiger partial charge < -0.3 is 24.9 Å². The summed E-state index contributed by atoms with van der Waals surface area (Å²) in [6.07, 6.45) is 1.37. The quantitative estimate of drug-likeness (QED) is 0.752. The second kappa shape index (κ2) is 7.26. The number of carbonyl (C=O) groups excluding carboxylic acids is 1. The zero-order valence-corrected chi connectivity index (χ0v) is 12.6. The number of urea groups is 1. The molecule has 0 aliphatic carbocycles. The summed E-state index contributed by atoms with van der Waals surface area (Å²) in [4.78, 5) is 11.8. The molecule has 1 unspecified atom stereocenters. The second-order valence-corrected chi connectivity index (χ2v) is 5.08. The van der Waals surface area contributed by atoms with Crippen molar-refractivity contribution in [3.8, 4) is 5.75 Å². The maximum atomic E-state index is 13.2. The molecule has 0 aliphatic heterocycles. The predicted octanol–water partition coefficient (Wildman–Crippen LogP) is 3.05. The highest BCUT2D eigenvalue weighted by Crippen LogP contribution is 2.27. The van der Waals surface area contributed by atoms with E-state index in [0.29, 0.717) is 0 Å². The Morgan fingerprint density at radius 1 is 1.42 bits per heavy atom. The number of anilines is 1. The molecule has 0 saturated heterocycles. The molecule has 0 spiro atoms. The van der Waals surface area contributed by atoms with Crippen LogP contribution < -0.4 is 15.4 Å². The van der Waals surface area contributed by atoms with Crippen molar-refractivity contribution in [2.45, 2.75) is 19.1 Å². The van der Waals surface area contributed by atoms with Crippen molar-refractivity contribution >= 4 is 11.7 Å². The zero-order valence-electron chi connectivity index (χ0n) is 12.6. The lowest BCUT2D eigenvalue weighted by Gasteiger charge is -2.21. The maximum Gasteiger partial charge on any atom is 0.387 e. The van der Waals surface area contributed by atoms with Crippen LogP contribution in [0.5, 0.6) is 5.75 Å². The lowest BCUT2D eigenvalue weighted by atomic mass is 10.0. The van der Waals surface area contributed by atoms with E-state index < -0.39 is 24.1 Å². The molecular formula is C15H15F3N2O4. The summed E-state index contributed by atoms with van der Waals surface area (Å²) in [5.74, 6) is -0.899. The molecular weight excluding hydrogens is 329 g/mol. The number of amides is 2. The number of halogens is 3. The van der Waals surface area contributed by atoms with Crippen LogP contribution in [0.25, 0.3) is 0 Å². The zero-order chi connectivity index (χ0) is 17.7. The maximum absolute atomic E-state index is 13.2. The second-order valence-electron chi connectivity index (χ2n) is 5.08. The molecule has 1 aromatic heterocycles. The molecule has 9 heteroatoms. The minimum atomic E-state index is -3.13. The summed E-state index contributed by atoms with van der Waals surface area (Å²) in [6.45, 7) is -1.94. The van der Waals surface area contributed by atoms with Crippen LogP contribution in [0.3, 0.4) is 0 Å². The summed E-state index contributed by atoms with van der Waals surface area (Å²) in [6, 6.07) is 4.98. The van der Waals surface area contributed by atoms with Gasteiger partial charge in [-0.3, -0.25) is 0 Å². The highest BCUT2D eigenvalue weighted by Gasteiger charge is 2.27. The van der Waals surface area contributed by atoms with Crippen molar-refractivity contribution in [2.24, 2.45) is 0 Å². The number of aliphatic hydroxyl groups is 1. The number of nitrogens with one attached hydrogen (secondary N) is 2. The van der Waals surface area contributed by atoms with Crippen molar-refractivity contribution in [2.75, 3.05) is 11.9 Å². The number of ether oxygens (including phenoxy) is 1. The van der Waals surface area contributed by atoms with Gasteiger partial charge in [0.05, 0.1) is 18.5 Å². The summed E-state index contributed by atoms with van der Waals surface area (Å²) in [5.41, 5.74) is -1.75. The van der Waals surface area contributed by atoms with Crippen LogP contribution in [0.1, 0.15) is 12.7 Å². The Kier molecular flexibility index (Phi) is 5.35. The summed E-state index contributed by atoms with van der Waals surface area (Å²) < 4.78 is 47.1. The number of alkyl halides is 2. The van der Waals surface area contributed by atoms with Gasteiger partial charge >= 0.3 is 12.6 Å². The van der Waals surface area contributed by atoms with Gasteiger partial charge in [-0.1, -0.05) is 0 Å². The van der Waals surface area contributed by atoms with E-state index in [0.717, 1.165) is 18.2 Å². The van der Waals surface area contributed by atoms with Crippen molar-refractivity contribution in [3.05, 3.63) is 48.2 Å². The third kappa shape index (κ3) is 4.66. The molecule has 1 atom stereocenters. The van der Waals surface area contributed by atoms with Gasteiger partial charge in [0.1, 0.15) is 22.9 Å². The van der Waals surface area contributed by atoms with Gasteiger partial charge in [0.25, 0.3) is 0 Å². The molecule has 0 radical (unpaired) electrons. The Balaban J connectivity index is 2.01. The van der Waals surface area contributed by atoms with E-state index in [1.54, 1.807) is 6.07 Å². The Hall–Kier alpha value is -2.68. The standard InChI is InChI=1S/C15H15F3N2O4/c1-15(22,12-3-2-6-23-12)8-19-14(21)20-10-7-9(16)4-5-11(10)24-13(17)18/h2-7,13,22H,8H2,1H3,(H2,19,20,21). The summed E-state index contributed by atoms with van der Waals surface area (Å²) in [5, 5.41) is 14.7. The van der Waals surface area contributed by atoms with Crippen LogP contribution in [0.15, 0.2) is 41.0 Å². The molecule has 2 aromatic rings. The molecule has 0 fully saturated rings. The highest BCUT2D eigenvalue weighted by atomic mass is 19.3. The van der Waals surface area contributed by atoms with Crippen LogP contribution >= 0.6 is 0 Å². The first-order chi connectivity index (χ1) is 11.3. The molecule has 24 heavy (non-hydrogen) atoms. The molecule has 1 heterocycles. The van der Waals surface area contributed by atoms with Crippen LogP contribution in [0.2, 0.25) is 0 Å². The topological polar surface area (TPSA) is 83.7 Å². The van der Waals surface area contributed by atoms with Gasteiger partial charge in [-0.15, -0.1) is 0 Å². The van der Waals surface area contributed by atoms with Gasteiger partial charge in [-0.05, 0) is 31.2 Å². The molecule has 0 bridgehead atoms. The summed E-state index contributed by atoms with van der Waals surface area (Å²) in [7, 11) is 0. The Labute approximate surface area is 135 Å². The molecule has 1 aromatic carbocycles. The lowest BCUT2D eigenvalue weighted by molar-refractivity contribution is -0.0494. The highest BCUT2D eigenvalue weighted by molar-refractivity contribution is 5.90. The van der Waals surface area contributed by atoms with E-state index in [9.17, 15) is 23.1 Å². The fourth-order valence-electron chi connectivity index (χ4n) is 1.89. The number of rotatable bonds is 6. The van der Waals surface area contributed by atoms with Gasteiger partial charge in [0.15, 0.2) is 0 Å². The molecule has 2 rings (SSSR count). The first kappa shape index (κ1) is 17.7. The van der Waals surface area contributed by atoms with Gasteiger partial charge in [-0.2, -0.15) is 8.78 Å². The Bertz CT molecular complexity index is 690. The van der Waals surface area contributed by atoms with E-state index in [2.05, 4.69) is 15.4 Å². The van der Waals surface area contributed by atoms with E-state index in [-0.39, 0.29) is 23.7 Å². The number of carbonyl (C=O) groups is 1. The van der Waals surface area contributed by atoms with E-state index >= 15 is 0 Å². The Morgan fingerprint density at radius 3 is 2.79 bits per heavy atom. The van der Waals surface area contributed by atoms with E-state index in [4.69, 9.17) is 4.42 Å². The van der Waals surface area contributed by atoms with Crippen molar-refractivity contribution in [1.29, 1.82) is 0 Å². The third-order valence-electron chi connectivity index (χ3n) is 3.05. The lowest BCUT2D eigenvalue weighted by Crippen LogP contribution is -2.40. The smallest absolute Gasteiger partial charge is 0.387 e. The number of furan rings is 1. The van der Waals surface area contributed by atoms with Crippen molar-refractivity contribution in [3.63, 3.8) is 0 Å². The first-order valence-corrected chi connectivity index (χ1v) is 6.83. The molecule has 0 saturated carbocycles.